The standard InChI is InChI=1S/C20H19N3O2S/c1-12-6-4-5-7-17(12)22-19(25)18-13(2)26-20(23-18)15-8-10-16(11-9-15)21-14(3)24/h4-11H,1-3H3,(H,21,24)(H,22,25). The van der Waals surface area contributed by atoms with Crippen LogP contribution in [0, 0.1) is 13.8 Å². The zero-order valence-electron chi connectivity index (χ0n) is 14.8. The Balaban J connectivity index is 1.81. The van der Waals surface area contributed by atoms with Crippen LogP contribution in [0.4, 0.5) is 11.4 Å². The van der Waals surface area contributed by atoms with Crippen molar-refractivity contribution in [1.82, 2.24) is 4.98 Å². The van der Waals surface area contributed by atoms with Gasteiger partial charge in [-0.25, -0.2) is 4.98 Å². The van der Waals surface area contributed by atoms with Crippen LogP contribution in [0.25, 0.3) is 10.6 Å². The first-order valence-electron chi connectivity index (χ1n) is 8.16. The van der Waals surface area contributed by atoms with Gasteiger partial charge in [-0.05, 0) is 49.7 Å². The van der Waals surface area contributed by atoms with E-state index in [0.29, 0.717) is 5.69 Å². The minimum atomic E-state index is -0.214. The summed E-state index contributed by atoms with van der Waals surface area (Å²) in [5.74, 6) is -0.327. The molecule has 0 aliphatic carbocycles. The summed E-state index contributed by atoms with van der Waals surface area (Å²) >= 11 is 1.47. The third-order valence-electron chi connectivity index (χ3n) is 3.86. The summed E-state index contributed by atoms with van der Waals surface area (Å²) in [4.78, 5) is 29.1. The fourth-order valence-electron chi connectivity index (χ4n) is 2.52. The molecular weight excluding hydrogens is 346 g/mol. The number of hydrogen-bond acceptors (Lipinski definition) is 4. The van der Waals surface area contributed by atoms with Gasteiger partial charge in [0.15, 0.2) is 0 Å². The fourth-order valence-corrected chi connectivity index (χ4v) is 3.44. The zero-order valence-corrected chi connectivity index (χ0v) is 15.6. The van der Waals surface area contributed by atoms with Crippen molar-refractivity contribution in [2.24, 2.45) is 0 Å². The van der Waals surface area contributed by atoms with Gasteiger partial charge in [0.05, 0.1) is 0 Å². The minimum absolute atomic E-state index is 0.113. The Bertz CT molecular complexity index is 961. The van der Waals surface area contributed by atoms with Crippen molar-refractivity contribution in [3.63, 3.8) is 0 Å². The second-order valence-corrected chi connectivity index (χ2v) is 7.15. The Morgan fingerprint density at radius 3 is 2.31 bits per heavy atom. The van der Waals surface area contributed by atoms with Crippen LogP contribution in [0.1, 0.15) is 27.9 Å². The lowest BCUT2D eigenvalue weighted by Crippen LogP contribution is -2.14. The van der Waals surface area contributed by atoms with Gasteiger partial charge in [-0.1, -0.05) is 18.2 Å². The Labute approximate surface area is 156 Å². The smallest absolute Gasteiger partial charge is 0.275 e. The van der Waals surface area contributed by atoms with Gasteiger partial charge in [0.2, 0.25) is 5.91 Å². The quantitative estimate of drug-likeness (QED) is 0.708. The molecule has 6 heteroatoms. The van der Waals surface area contributed by atoms with E-state index in [1.54, 1.807) is 0 Å². The average molecular weight is 365 g/mol. The summed E-state index contributed by atoms with van der Waals surface area (Å²) in [5.41, 5.74) is 3.85. The predicted octanol–water partition coefficient (Wildman–Crippen LogP) is 4.64. The van der Waals surface area contributed by atoms with Crippen LogP contribution in [0.2, 0.25) is 0 Å². The largest absolute Gasteiger partial charge is 0.326 e. The van der Waals surface area contributed by atoms with Crippen LogP contribution in [-0.2, 0) is 4.79 Å². The molecule has 132 valence electrons. The third kappa shape index (κ3) is 3.97. The molecule has 0 fully saturated rings. The van der Waals surface area contributed by atoms with Gasteiger partial charge in [0, 0.05) is 28.7 Å². The van der Waals surface area contributed by atoms with E-state index in [1.807, 2.05) is 62.4 Å². The van der Waals surface area contributed by atoms with Crippen LogP contribution in [-0.4, -0.2) is 16.8 Å². The molecule has 0 saturated heterocycles. The Kier molecular flexibility index (Phi) is 5.14. The van der Waals surface area contributed by atoms with Crippen LogP contribution in [0.5, 0.6) is 0 Å². The van der Waals surface area contributed by atoms with E-state index in [0.717, 1.165) is 32.4 Å². The molecule has 1 aromatic heterocycles. The molecule has 1 heterocycles. The van der Waals surface area contributed by atoms with E-state index < -0.39 is 0 Å². The number of aryl methyl sites for hydroxylation is 2. The summed E-state index contributed by atoms with van der Waals surface area (Å²) in [7, 11) is 0. The Morgan fingerprint density at radius 1 is 0.962 bits per heavy atom. The molecule has 0 unspecified atom stereocenters. The number of thiazole rings is 1. The van der Waals surface area contributed by atoms with Crippen LogP contribution in [0.3, 0.4) is 0 Å². The number of nitrogens with one attached hydrogen (secondary N) is 2. The molecule has 0 atom stereocenters. The second kappa shape index (κ2) is 7.49. The van der Waals surface area contributed by atoms with Crippen molar-refractivity contribution in [2.45, 2.75) is 20.8 Å². The Hall–Kier alpha value is -2.99. The lowest BCUT2D eigenvalue weighted by atomic mass is 10.2. The lowest BCUT2D eigenvalue weighted by Gasteiger charge is -2.06. The molecule has 5 nitrogen and oxygen atoms in total. The number of anilines is 2. The fraction of sp³-hybridized carbons (Fsp3) is 0.150. The molecule has 3 aromatic rings. The zero-order chi connectivity index (χ0) is 18.7. The summed E-state index contributed by atoms with van der Waals surface area (Å²) in [6.45, 7) is 5.31. The number of rotatable bonds is 4. The van der Waals surface area contributed by atoms with E-state index in [9.17, 15) is 9.59 Å². The molecule has 0 saturated carbocycles. The van der Waals surface area contributed by atoms with Crippen LogP contribution >= 0.6 is 11.3 Å². The van der Waals surface area contributed by atoms with Gasteiger partial charge in [-0.3, -0.25) is 9.59 Å². The molecule has 0 bridgehead atoms. The first kappa shape index (κ1) is 17.8. The maximum Gasteiger partial charge on any atom is 0.275 e. The monoisotopic (exact) mass is 365 g/mol. The highest BCUT2D eigenvalue weighted by Crippen LogP contribution is 2.29. The van der Waals surface area contributed by atoms with Gasteiger partial charge in [-0.2, -0.15) is 0 Å². The van der Waals surface area contributed by atoms with E-state index in [1.165, 1.54) is 18.3 Å². The van der Waals surface area contributed by atoms with Gasteiger partial charge in [0.25, 0.3) is 5.91 Å². The van der Waals surface area contributed by atoms with E-state index in [-0.39, 0.29) is 11.8 Å². The minimum Gasteiger partial charge on any atom is -0.326 e. The molecule has 0 spiro atoms. The number of nitrogens with zero attached hydrogens (tertiary/aromatic N) is 1. The molecule has 3 rings (SSSR count). The van der Waals surface area contributed by atoms with Crippen LogP contribution in [0.15, 0.2) is 48.5 Å². The summed E-state index contributed by atoms with van der Waals surface area (Å²) in [6.07, 6.45) is 0. The maximum absolute atomic E-state index is 12.6. The average Bonchev–Trinajstić information content (AvgIpc) is 2.99. The first-order valence-corrected chi connectivity index (χ1v) is 8.98. The van der Waals surface area contributed by atoms with Crippen molar-refractivity contribution < 1.29 is 9.59 Å². The van der Waals surface area contributed by atoms with Gasteiger partial charge >= 0.3 is 0 Å². The predicted molar refractivity (Wildman–Crippen MR) is 106 cm³/mol. The first-order chi connectivity index (χ1) is 12.4. The molecule has 0 aliphatic rings. The summed E-state index contributed by atoms with van der Waals surface area (Å²) < 4.78 is 0. The highest BCUT2D eigenvalue weighted by atomic mass is 32.1. The maximum atomic E-state index is 12.6. The van der Waals surface area contributed by atoms with Crippen molar-refractivity contribution in [3.05, 3.63) is 64.7 Å². The van der Waals surface area contributed by atoms with E-state index >= 15 is 0 Å². The second-order valence-electron chi connectivity index (χ2n) is 5.95. The number of hydrogen-bond donors (Lipinski definition) is 2. The number of benzene rings is 2. The molecule has 2 amide bonds. The lowest BCUT2D eigenvalue weighted by molar-refractivity contribution is -0.114. The summed E-state index contributed by atoms with van der Waals surface area (Å²) in [6, 6.07) is 15.0. The SMILES string of the molecule is CC(=O)Nc1ccc(-c2nc(C(=O)Nc3ccccc3C)c(C)s2)cc1. The van der Waals surface area contributed by atoms with Crippen molar-refractivity contribution in [3.8, 4) is 10.6 Å². The molecular formula is C20H19N3O2S. The topological polar surface area (TPSA) is 71.1 Å². The highest BCUT2D eigenvalue weighted by Gasteiger charge is 2.17. The molecule has 2 aromatic carbocycles. The Morgan fingerprint density at radius 2 is 1.65 bits per heavy atom. The molecule has 0 radical (unpaired) electrons. The third-order valence-corrected chi connectivity index (χ3v) is 4.88. The number of carbonyl (C=O) groups excluding carboxylic acids is 2. The van der Waals surface area contributed by atoms with E-state index in [4.69, 9.17) is 0 Å². The highest BCUT2D eigenvalue weighted by molar-refractivity contribution is 7.15. The van der Waals surface area contributed by atoms with Crippen molar-refractivity contribution in [2.75, 3.05) is 10.6 Å². The number of para-hydroxylation sites is 1. The van der Waals surface area contributed by atoms with Crippen LogP contribution < -0.4 is 10.6 Å². The van der Waals surface area contributed by atoms with Gasteiger partial charge in [0.1, 0.15) is 10.7 Å². The van der Waals surface area contributed by atoms with E-state index in [2.05, 4.69) is 15.6 Å². The number of carbonyl (C=O) groups is 2. The molecule has 26 heavy (non-hydrogen) atoms. The number of aromatic nitrogens is 1. The summed E-state index contributed by atoms with van der Waals surface area (Å²) in [5, 5.41) is 6.42. The normalized spacial score (nSPS) is 10.4. The number of amides is 2. The van der Waals surface area contributed by atoms with Gasteiger partial charge in [-0.15, -0.1) is 11.3 Å². The molecule has 2 N–H and O–H groups in total. The molecule has 0 aliphatic heterocycles. The van der Waals surface area contributed by atoms with Crippen molar-refractivity contribution in [1.29, 1.82) is 0 Å². The van der Waals surface area contributed by atoms with Gasteiger partial charge < -0.3 is 10.6 Å². The van der Waals surface area contributed by atoms with Crippen molar-refractivity contribution >= 4 is 34.5 Å².